The number of hydrogen-bond donors (Lipinski definition) is 2. The van der Waals surface area contributed by atoms with Crippen molar-refractivity contribution in [1.82, 2.24) is 10.0 Å². The van der Waals surface area contributed by atoms with Crippen molar-refractivity contribution in [3.05, 3.63) is 102 Å². The van der Waals surface area contributed by atoms with Gasteiger partial charge in [0.25, 0.3) is 5.91 Å². The molecule has 6 nitrogen and oxygen atoms in total. The Morgan fingerprint density at radius 1 is 0.906 bits per heavy atom. The van der Waals surface area contributed by atoms with Gasteiger partial charge in [-0.15, -0.1) is 0 Å². The lowest BCUT2D eigenvalue weighted by atomic mass is 9.98. The van der Waals surface area contributed by atoms with Gasteiger partial charge < -0.3 is 10.1 Å². The number of benzene rings is 3. The summed E-state index contributed by atoms with van der Waals surface area (Å²) in [5, 5.41) is 3.10. The molecule has 3 rings (SSSR count). The van der Waals surface area contributed by atoms with Gasteiger partial charge in [-0.25, -0.2) is 13.1 Å². The number of ether oxygens (including phenoxy) is 1. The first-order valence-corrected chi connectivity index (χ1v) is 12.0. The van der Waals surface area contributed by atoms with Crippen LogP contribution in [-0.4, -0.2) is 34.6 Å². The summed E-state index contributed by atoms with van der Waals surface area (Å²) in [4.78, 5) is 13.0. The minimum atomic E-state index is -3.64. The number of aryl methyl sites for hydroxylation is 1. The number of carbonyl (C=O) groups excluding carboxylic acids is 1. The number of methoxy groups -OCH3 is 1. The molecule has 0 aliphatic rings. The Morgan fingerprint density at radius 2 is 1.53 bits per heavy atom. The van der Waals surface area contributed by atoms with Crippen LogP contribution in [0.25, 0.3) is 0 Å². The van der Waals surface area contributed by atoms with E-state index in [2.05, 4.69) is 22.2 Å². The standard InChI is InChI=1S/C25H28N2O4S/c1-31-19-18-26-32(29,30)23-15-13-22(14-16-23)25(28)27-24(21-10-6-3-7-11-21)17-12-20-8-4-2-5-9-20/h2-11,13-16,24,26H,12,17-19H2,1H3,(H,27,28). The van der Waals surface area contributed by atoms with E-state index in [0.29, 0.717) is 5.56 Å². The second-order valence-corrected chi connectivity index (χ2v) is 9.14. The van der Waals surface area contributed by atoms with Crippen LogP contribution in [0, 0.1) is 0 Å². The second kappa shape index (κ2) is 11.6. The van der Waals surface area contributed by atoms with Crippen LogP contribution in [-0.2, 0) is 21.2 Å². The maximum Gasteiger partial charge on any atom is 0.251 e. The predicted octanol–water partition coefficient (Wildman–Crippen LogP) is 3.72. The van der Waals surface area contributed by atoms with E-state index < -0.39 is 10.0 Å². The van der Waals surface area contributed by atoms with E-state index >= 15 is 0 Å². The normalized spacial score (nSPS) is 12.3. The van der Waals surface area contributed by atoms with Crippen LogP contribution in [0.1, 0.15) is 33.9 Å². The Bertz CT molecular complexity index is 1090. The van der Waals surface area contributed by atoms with Crippen LogP contribution in [0.5, 0.6) is 0 Å². The van der Waals surface area contributed by atoms with Gasteiger partial charge >= 0.3 is 0 Å². The van der Waals surface area contributed by atoms with E-state index in [-0.39, 0.29) is 30.0 Å². The summed E-state index contributed by atoms with van der Waals surface area (Å²) >= 11 is 0. The summed E-state index contributed by atoms with van der Waals surface area (Å²) in [6.07, 6.45) is 1.57. The van der Waals surface area contributed by atoms with E-state index in [1.165, 1.54) is 36.9 Å². The summed E-state index contributed by atoms with van der Waals surface area (Å²) in [5.41, 5.74) is 2.64. The molecule has 7 heteroatoms. The quantitative estimate of drug-likeness (QED) is 0.435. The van der Waals surface area contributed by atoms with Crippen molar-refractivity contribution >= 4 is 15.9 Å². The topological polar surface area (TPSA) is 84.5 Å². The fraction of sp³-hybridized carbons (Fsp3) is 0.240. The molecule has 3 aromatic rings. The highest BCUT2D eigenvalue weighted by Crippen LogP contribution is 2.20. The molecule has 2 N–H and O–H groups in total. The van der Waals surface area contributed by atoms with E-state index in [0.717, 1.165) is 18.4 Å². The van der Waals surface area contributed by atoms with Crippen molar-refractivity contribution in [3.8, 4) is 0 Å². The molecule has 32 heavy (non-hydrogen) atoms. The molecule has 0 fully saturated rings. The van der Waals surface area contributed by atoms with Gasteiger partial charge in [0.1, 0.15) is 0 Å². The van der Waals surface area contributed by atoms with Crippen molar-refractivity contribution in [1.29, 1.82) is 0 Å². The van der Waals surface area contributed by atoms with Gasteiger partial charge in [0.2, 0.25) is 10.0 Å². The molecule has 1 amide bonds. The van der Waals surface area contributed by atoms with E-state index in [1.807, 2.05) is 48.5 Å². The molecule has 0 aliphatic heterocycles. The number of carbonyl (C=O) groups is 1. The number of hydrogen-bond acceptors (Lipinski definition) is 4. The lowest BCUT2D eigenvalue weighted by Crippen LogP contribution is -2.29. The lowest BCUT2D eigenvalue weighted by Gasteiger charge is -2.20. The van der Waals surface area contributed by atoms with Crippen molar-refractivity contribution < 1.29 is 17.9 Å². The average Bonchev–Trinajstić information content (AvgIpc) is 2.83. The van der Waals surface area contributed by atoms with E-state index in [1.54, 1.807) is 0 Å². The van der Waals surface area contributed by atoms with Crippen LogP contribution in [0.2, 0.25) is 0 Å². The Balaban J connectivity index is 1.70. The van der Waals surface area contributed by atoms with E-state index in [9.17, 15) is 13.2 Å². The van der Waals surface area contributed by atoms with Crippen molar-refractivity contribution in [3.63, 3.8) is 0 Å². The summed E-state index contributed by atoms with van der Waals surface area (Å²) in [6.45, 7) is 0.463. The average molecular weight is 453 g/mol. The largest absolute Gasteiger partial charge is 0.383 e. The Kier molecular flexibility index (Phi) is 8.56. The predicted molar refractivity (Wildman–Crippen MR) is 125 cm³/mol. The van der Waals surface area contributed by atoms with Gasteiger partial charge in [-0.1, -0.05) is 60.7 Å². The molecule has 0 saturated heterocycles. The third kappa shape index (κ3) is 6.75. The Labute approximate surface area is 189 Å². The highest BCUT2D eigenvalue weighted by atomic mass is 32.2. The minimum absolute atomic E-state index is 0.105. The molecule has 0 aromatic heterocycles. The highest BCUT2D eigenvalue weighted by molar-refractivity contribution is 7.89. The maximum absolute atomic E-state index is 12.9. The second-order valence-electron chi connectivity index (χ2n) is 7.38. The number of rotatable bonds is 11. The molecular weight excluding hydrogens is 424 g/mol. The lowest BCUT2D eigenvalue weighted by molar-refractivity contribution is 0.0934. The molecule has 0 bridgehead atoms. The molecule has 0 saturated carbocycles. The van der Waals surface area contributed by atoms with Gasteiger partial charge in [-0.05, 0) is 48.2 Å². The molecular formula is C25H28N2O4S. The fourth-order valence-electron chi connectivity index (χ4n) is 3.35. The first kappa shape index (κ1) is 23.7. The molecule has 0 aliphatic carbocycles. The zero-order valence-corrected chi connectivity index (χ0v) is 18.8. The van der Waals surface area contributed by atoms with Crippen LogP contribution < -0.4 is 10.0 Å². The van der Waals surface area contributed by atoms with Gasteiger partial charge in [-0.2, -0.15) is 0 Å². The van der Waals surface area contributed by atoms with Crippen molar-refractivity contribution in [2.24, 2.45) is 0 Å². The zero-order valence-electron chi connectivity index (χ0n) is 18.0. The summed E-state index contributed by atoms with van der Waals surface area (Å²) in [5.74, 6) is -0.247. The molecule has 0 radical (unpaired) electrons. The third-order valence-corrected chi connectivity index (χ3v) is 6.57. The number of nitrogens with one attached hydrogen (secondary N) is 2. The molecule has 1 atom stereocenters. The first-order valence-electron chi connectivity index (χ1n) is 10.5. The summed E-state index contributed by atoms with van der Waals surface area (Å²) in [6, 6.07) is 25.7. The van der Waals surface area contributed by atoms with Crippen LogP contribution in [0.4, 0.5) is 0 Å². The summed E-state index contributed by atoms with van der Waals surface area (Å²) in [7, 11) is -2.14. The Hall–Kier alpha value is -3.00. The summed E-state index contributed by atoms with van der Waals surface area (Å²) < 4.78 is 31.9. The van der Waals surface area contributed by atoms with Crippen LogP contribution in [0.15, 0.2) is 89.8 Å². The molecule has 0 spiro atoms. The number of amides is 1. The Morgan fingerprint density at radius 3 is 2.16 bits per heavy atom. The monoisotopic (exact) mass is 452 g/mol. The highest BCUT2D eigenvalue weighted by Gasteiger charge is 2.18. The van der Waals surface area contributed by atoms with Crippen molar-refractivity contribution in [2.75, 3.05) is 20.3 Å². The first-order chi connectivity index (χ1) is 15.5. The van der Waals surface area contributed by atoms with Crippen molar-refractivity contribution in [2.45, 2.75) is 23.8 Å². The number of sulfonamides is 1. The van der Waals surface area contributed by atoms with Gasteiger partial charge in [0.05, 0.1) is 17.5 Å². The maximum atomic E-state index is 12.9. The fourth-order valence-corrected chi connectivity index (χ4v) is 4.36. The van der Waals surface area contributed by atoms with E-state index in [4.69, 9.17) is 4.74 Å². The van der Waals surface area contributed by atoms with Gasteiger partial charge in [0.15, 0.2) is 0 Å². The SMILES string of the molecule is COCCNS(=O)(=O)c1ccc(C(=O)NC(CCc2ccccc2)c2ccccc2)cc1. The van der Waals surface area contributed by atoms with Gasteiger partial charge in [0, 0.05) is 19.2 Å². The van der Waals surface area contributed by atoms with Crippen LogP contribution >= 0.6 is 0 Å². The molecule has 3 aromatic carbocycles. The molecule has 1 unspecified atom stereocenters. The van der Waals surface area contributed by atoms with Gasteiger partial charge in [-0.3, -0.25) is 4.79 Å². The smallest absolute Gasteiger partial charge is 0.251 e. The molecule has 0 heterocycles. The molecule has 168 valence electrons. The third-order valence-electron chi connectivity index (χ3n) is 5.10. The zero-order chi connectivity index (χ0) is 22.8. The minimum Gasteiger partial charge on any atom is -0.383 e. The van der Waals surface area contributed by atoms with Crippen LogP contribution in [0.3, 0.4) is 0 Å².